The smallest absolute Gasteiger partial charge is 0.0997 e. The molecule has 1 unspecified atom stereocenters. The fourth-order valence-corrected chi connectivity index (χ4v) is 2.90. The van der Waals surface area contributed by atoms with E-state index in [4.69, 9.17) is 0 Å². The average Bonchev–Trinajstić information content (AvgIpc) is 2.70. The molecule has 0 saturated carbocycles. The van der Waals surface area contributed by atoms with Gasteiger partial charge in [0.2, 0.25) is 0 Å². The maximum atomic E-state index is 4.34. The van der Waals surface area contributed by atoms with Crippen molar-refractivity contribution in [2.24, 2.45) is 0 Å². The number of aromatic nitrogens is 2. The second-order valence-corrected chi connectivity index (χ2v) is 5.62. The quantitative estimate of drug-likeness (QED) is 0.924. The van der Waals surface area contributed by atoms with Crippen molar-refractivity contribution in [3.05, 3.63) is 46.0 Å². The monoisotopic (exact) mass is 321 g/mol. The molecule has 2 aromatic rings. The van der Waals surface area contributed by atoms with Crippen LogP contribution in [-0.2, 0) is 0 Å². The lowest BCUT2D eigenvalue weighted by Crippen LogP contribution is -2.18. The summed E-state index contributed by atoms with van der Waals surface area (Å²) >= 11 is 3.67. The second kappa shape index (κ2) is 5.88. The van der Waals surface area contributed by atoms with E-state index in [1.165, 1.54) is 11.3 Å². The zero-order valence-corrected chi connectivity index (χ0v) is 13.5. The molecule has 0 spiro atoms. The predicted molar refractivity (Wildman–Crippen MR) is 82.8 cm³/mol. The van der Waals surface area contributed by atoms with Crippen molar-refractivity contribution < 1.29 is 0 Å². The van der Waals surface area contributed by atoms with Crippen molar-refractivity contribution in [1.82, 2.24) is 14.9 Å². The minimum Gasteiger partial charge on any atom is -0.310 e. The first-order valence-electron chi connectivity index (χ1n) is 6.58. The number of nitrogens with one attached hydrogen (secondary N) is 1. The molecule has 4 heteroatoms. The van der Waals surface area contributed by atoms with Crippen LogP contribution in [0.3, 0.4) is 0 Å². The molecule has 0 saturated heterocycles. The Morgan fingerprint density at radius 3 is 2.63 bits per heavy atom. The summed E-state index contributed by atoms with van der Waals surface area (Å²) in [5, 5.41) is 3.43. The number of hydrogen-bond donors (Lipinski definition) is 1. The van der Waals surface area contributed by atoms with E-state index >= 15 is 0 Å². The molecule has 102 valence electrons. The molecule has 0 amide bonds. The van der Waals surface area contributed by atoms with Crippen molar-refractivity contribution >= 4 is 15.9 Å². The van der Waals surface area contributed by atoms with Crippen LogP contribution in [0.25, 0.3) is 5.69 Å². The molecule has 0 fully saturated rings. The van der Waals surface area contributed by atoms with Gasteiger partial charge in [0.05, 0.1) is 12.0 Å². The minimum absolute atomic E-state index is 0.346. The third kappa shape index (κ3) is 2.90. The van der Waals surface area contributed by atoms with Gasteiger partial charge >= 0.3 is 0 Å². The maximum absolute atomic E-state index is 4.34. The fraction of sp³-hybridized carbons (Fsp3) is 0.400. The Kier molecular flexibility index (Phi) is 4.42. The highest BCUT2D eigenvalue weighted by atomic mass is 79.9. The Balaban J connectivity index is 2.36. The van der Waals surface area contributed by atoms with Gasteiger partial charge in [-0.2, -0.15) is 0 Å². The molecule has 0 aliphatic carbocycles. The van der Waals surface area contributed by atoms with Crippen LogP contribution in [0, 0.1) is 13.8 Å². The van der Waals surface area contributed by atoms with Crippen LogP contribution in [-0.4, -0.2) is 16.1 Å². The lowest BCUT2D eigenvalue weighted by atomic mass is 10.1. The van der Waals surface area contributed by atoms with E-state index in [0.29, 0.717) is 6.04 Å². The number of imidazole rings is 1. The van der Waals surface area contributed by atoms with Crippen molar-refractivity contribution in [2.45, 2.75) is 33.7 Å². The van der Waals surface area contributed by atoms with Crippen LogP contribution in [0.15, 0.2) is 29.0 Å². The summed E-state index contributed by atoms with van der Waals surface area (Å²) in [6.07, 6.45) is 1.87. The van der Waals surface area contributed by atoms with Crippen LogP contribution in [0.1, 0.15) is 36.8 Å². The highest BCUT2D eigenvalue weighted by Gasteiger charge is 2.10. The molecule has 1 heterocycles. The van der Waals surface area contributed by atoms with Crippen molar-refractivity contribution in [3.8, 4) is 5.69 Å². The Morgan fingerprint density at radius 1 is 1.37 bits per heavy atom. The summed E-state index contributed by atoms with van der Waals surface area (Å²) in [6.45, 7) is 9.38. The van der Waals surface area contributed by atoms with Gasteiger partial charge in [-0.1, -0.05) is 28.9 Å². The Labute approximate surface area is 123 Å². The normalized spacial score (nSPS) is 12.7. The summed E-state index contributed by atoms with van der Waals surface area (Å²) in [6, 6.07) is 6.81. The molecule has 19 heavy (non-hydrogen) atoms. The summed E-state index contributed by atoms with van der Waals surface area (Å²) < 4.78 is 3.24. The van der Waals surface area contributed by atoms with E-state index in [1.807, 2.05) is 13.3 Å². The molecule has 1 N–H and O–H groups in total. The topological polar surface area (TPSA) is 29.9 Å². The van der Waals surface area contributed by atoms with E-state index in [0.717, 1.165) is 22.4 Å². The molecule has 2 rings (SSSR count). The van der Waals surface area contributed by atoms with Gasteiger partial charge in [0, 0.05) is 21.9 Å². The first-order valence-corrected chi connectivity index (χ1v) is 7.37. The lowest BCUT2D eigenvalue weighted by molar-refractivity contribution is 0.596. The third-order valence-electron chi connectivity index (χ3n) is 3.49. The molecular formula is C15H20BrN3. The third-order valence-corrected chi connectivity index (χ3v) is 4.18. The summed E-state index contributed by atoms with van der Waals surface area (Å²) in [7, 11) is 0. The van der Waals surface area contributed by atoms with Crippen LogP contribution in [0.5, 0.6) is 0 Å². The maximum Gasteiger partial charge on any atom is 0.0997 e. The van der Waals surface area contributed by atoms with E-state index in [1.54, 1.807) is 0 Å². The summed E-state index contributed by atoms with van der Waals surface area (Å²) in [4.78, 5) is 4.34. The van der Waals surface area contributed by atoms with Crippen molar-refractivity contribution in [1.29, 1.82) is 0 Å². The van der Waals surface area contributed by atoms with Crippen LogP contribution in [0.2, 0.25) is 0 Å². The van der Waals surface area contributed by atoms with E-state index in [9.17, 15) is 0 Å². The van der Waals surface area contributed by atoms with Gasteiger partial charge in [-0.15, -0.1) is 0 Å². The number of aryl methyl sites for hydroxylation is 1. The number of nitrogens with zero attached hydrogens (tertiary/aromatic N) is 2. The molecular weight excluding hydrogens is 302 g/mol. The predicted octanol–water partition coefficient (Wildman–Crippen LogP) is 3.92. The van der Waals surface area contributed by atoms with Gasteiger partial charge in [-0.25, -0.2) is 4.98 Å². The standard InChI is InChI=1S/C15H20BrN3/c1-5-17-11(3)14-7-6-13(8-15(14)16)19-9-18-10(2)12(19)4/h6-9,11,17H,5H2,1-4H3. The lowest BCUT2D eigenvalue weighted by Gasteiger charge is -2.16. The van der Waals surface area contributed by atoms with Crippen molar-refractivity contribution in [3.63, 3.8) is 0 Å². The molecule has 0 aliphatic heterocycles. The SMILES string of the molecule is CCNC(C)c1ccc(-n2cnc(C)c2C)cc1Br. The molecule has 3 nitrogen and oxygen atoms in total. The zero-order chi connectivity index (χ0) is 14.0. The van der Waals surface area contributed by atoms with Gasteiger partial charge < -0.3 is 9.88 Å². The molecule has 1 aromatic carbocycles. The number of benzene rings is 1. The van der Waals surface area contributed by atoms with E-state index in [2.05, 4.69) is 69.8 Å². The van der Waals surface area contributed by atoms with E-state index in [-0.39, 0.29) is 0 Å². The number of rotatable bonds is 4. The average molecular weight is 322 g/mol. The van der Waals surface area contributed by atoms with E-state index < -0.39 is 0 Å². The first-order chi connectivity index (χ1) is 9.04. The van der Waals surface area contributed by atoms with Crippen LogP contribution < -0.4 is 5.32 Å². The summed E-state index contributed by atoms with van der Waals surface area (Å²) in [5.74, 6) is 0. The Morgan fingerprint density at radius 2 is 2.11 bits per heavy atom. The Bertz CT molecular complexity index is 575. The zero-order valence-electron chi connectivity index (χ0n) is 11.9. The highest BCUT2D eigenvalue weighted by molar-refractivity contribution is 9.10. The number of halogens is 1. The largest absolute Gasteiger partial charge is 0.310 e. The molecule has 1 aromatic heterocycles. The molecule has 0 aliphatic rings. The minimum atomic E-state index is 0.346. The van der Waals surface area contributed by atoms with Gasteiger partial charge in [-0.3, -0.25) is 0 Å². The fourth-order valence-electron chi connectivity index (χ4n) is 2.19. The summed E-state index contributed by atoms with van der Waals surface area (Å²) in [5.41, 5.74) is 4.66. The van der Waals surface area contributed by atoms with Gasteiger partial charge in [-0.05, 0) is 45.0 Å². The van der Waals surface area contributed by atoms with Gasteiger partial charge in [0.25, 0.3) is 0 Å². The Hall–Kier alpha value is -1.13. The molecule has 0 bridgehead atoms. The van der Waals surface area contributed by atoms with Gasteiger partial charge in [0.1, 0.15) is 0 Å². The first kappa shape index (κ1) is 14.3. The highest BCUT2D eigenvalue weighted by Crippen LogP contribution is 2.26. The number of hydrogen-bond acceptors (Lipinski definition) is 2. The van der Waals surface area contributed by atoms with Gasteiger partial charge in [0.15, 0.2) is 0 Å². The molecule has 0 radical (unpaired) electrons. The second-order valence-electron chi connectivity index (χ2n) is 4.77. The molecule has 1 atom stereocenters. The van der Waals surface area contributed by atoms with Crippen molar-refractivity contribution in [2.75, 3.05) is 6.54 Å². The van der Waals surface area contributed by atoms with Crippen LogP contribution in [0.4, 0.5) is 0 Å². The van der Waals surface area contributed by atoms with Crippen LogP contribution >= 0.6 is 15.9 Å².